The second-order valence-electron chi connectivity index (χ2n) is 8.07. The monoisotopic (exact) mass is 432 g/mol. The zero-order chi connectivity index (χ0) is 22.1. The fourth-order valence-corrected chi connectivity index (χ4v) is 4.23. The highest BCUT2D eigenvalue weighted by molar-refractivity contribution is 6.44. The highest BCUT2D eigenvalue weighted by atomic mass is 16.5. The first-order valence-corrected chi connectivity index (χ1v) is 10.3. The van der Waals surface area contributed by atoms with Gasteiger partial charge in [0.25, 0.3) is 0 Å². The fourth-order valence-electron chi connectivity index (χ4n) is 4.23. The number of aryl methyl sites for hydroxylation is 1. The number of carbonyl (C=O) groups is 3. The Hall–Kier alpha value is -2.83. The number of nitrogens with two attached hydrogens (primary N) is 1. The summed E-state index contributed by atoms with van der Waals surface area (Å²) in [7, 11) is -1.02. The van der Waals surface area contributed by atoms with Crippen molar-refractivity contribution < 1.29 is 33.9 Å². The molecule has 3 heterocycles. The molecule has 1 aromatic carbocycles. The molecular weight excluding hydrogens is 407 g/mol. The van der Waals surface area contributed by atoms with Crippen molar-refractivity contribution in [2.45, 2.75) is 37.3 Å². The van der Waals surface area contributed by atoms with Gasteiger partial charge in [-0.1, -0.05) is 6.07 Å². The van der Waals surface area contributed by atoms with E-state index in [1.165, 1.54) is 0 Å². The van der Waals surface area contributed by atoms with Crippen LogP contribution in [0.15, 0.2) is 12.1 Å². The number of hydrogen-bond acceptors (Lipinski definition) is 8. The minimum Gasteiger partial charge on any atom is -0.535 e. The molecule has 0 unspecified atom stereocenters. The van der Waals surface area contributed by atoms with Gasteiger partial charge in [0.15, 0.2) is 0 Å². The lowest BCUT2D eigenvalue weighted by Crippen LogP contribution is -2.58. The van der Waals surface area contributed by atoms with Gasteiger partial charge in [0, 0.05) is 25.7 Å². The minimum atomic E-state index is -1.16. The molecule has 3 aliphatic heterocycles. The van der Waals surface area contributed by atoms with Gasteiger partial charge < -0.3 is 35.9 Å². The van der Waals surface area contributed by atoms with Crippen molar-refractivity contribution in [3.05, 3.63) is 23.3 Å². The molecule has 2 amide bonds. The van der Waals surface area contributed by atoms with Crippen LogP contribution in [0, 0.1) is 0 Å². The van der Waals surface area contributed by atoms with Crippen molar-refractivity contribution in [2.24, 2.45) is 5.73 Å². The molecule has 4 rings (SSSR count). The maximum absolute atomic E-state index is 12.1. The number of primary amides is 1. The largest absolute Gasteiger partial charge is 0.535 e. The molecule has 6 N–H and O–H groups in total. The number of nitrogens with one attached hydrogen (secondary N) is 2. The molecule has 0 aromatic heterocycles. The maximum atomic E-state index is 12.1. The smallest absolute Gasteiger partial charge is 0.522 e. The van der Waals surface area contributed by atoms with Gasteiger partial charge in [0.05, 0.1) is 12.6 Å². The average molecular weight is 432 g/mol. The third kappa shape index (κ3) is 4.60. The number of likely N-dealkylation sites (tertiary alicyclic amines) is 1. The Bertz CT molecular complexity index is 892. The number of benzene rings is 1. The lowest BCUT2D eigenvalue weighted by molar-refractivity contribution is -0.126. The predicted molar refractivity (Wildman–Crippen MR) is 109 cm³/mol. The van der Waals surface area contributed by atoms with E-state index in [1.54, 1.807) is 12.1 Å². The van der Waals surface area contributed by atoms with Gasteiger partial charge in [0.2, 0.25) is 11.8 Å². The third-order valence-electron chi connectivity index (χ3n) is 5.88. The molecule has 0 saturated carbocycles. The van der Waals surface area contributed by atoms with Crippen LogP contribution in [0.5, 0.6) is 11.5 Å². The lowest BCUT2D eigenvalue weighted by atomic mass is 9.78. The van der Waals surface area contributed by atoms with Gasteiger partial charge in [-0.25, -0.2) is 4.79 Å². The zero-order valence-electron chi connectivity index (χ0n) is 16.9. The molecule has 0 aliphatic carbocycles. The number of ether oxygens (including phenoxy) is 1. The molecule has 2 saturated heterocycles. The maximum Gasteiger partial charge on any atom is 0.522 e. The van der Waals surface area contributed by atoms with Crippen LogP contribution in [0.4, 0.5) is 0 Å². The summed E-state index contributed by atoms with van der Waals surface area (Å²) in [5, 5.41) is 25.1. The lowest BCUT2D eigenvalue weighted by Gasteiger charge is -2.42. The highest BCUT2D eigenvalue weighted by Gasteiger charge is 2.40. The molecule has 0 spiro atoms. The van der Waals surface area contributed by atoms with Crippen LogP contribution in [0.25, 0.3) is 0 Å². The van der Waals surface area contributed by atoms with E-state index < -0.39 is 19.0 Å². The Kier molecular flexibility index (Phi) is 6.03. The number of amides is 2. The SMILES string of the molecule is NC(=O)CNC(=O)[C@@H]1C[C@H](N2CC(Oc3ccc4c(c3C(=O)O)OB(O)CC4)C2)CN1. The number of aromatic carboxylic acids is 1. The van der Waals surface area contributed by atoms with E-state index >= 15 is 0 Å². The van der Waals surface area contributed by atoms with E-state index in [0.29, 0.717) is 38.8 Å². The van der Waals surface area contributed by atoms with Gasteiger partial charge in [0.1, 0.15) is 23.2 Å². The summed E-state index contributed by atoms with van der Waals surface area (Å²) in [6, 6.07) is 3.18. The van der Waals surface area contributed by atoms with Gasteiger partial charge in [-0.15, -0.1) is 0 Å². The predicted octanol–water partition coefficient (Wildman–Crippen LogP) is -1.80. The van der Waals surface area contributed by atoms with Crippen molar-refractivity contribution >= 4 is 24.9 Å². The van der Waals surface area contributed by atoms with E-state index in [2.05, 4.69) is 15.5 Å². The molecule has 166 valence electrons. The zero-order valence-corrected chi connectivity index (χ0v) is 16.9. The topological polar surface area (TPSA) is 163 Å². The van der Waals surface area contributed by atoms with Crippen molar-refractivity contribution in [3.8, 4) is 11.5 Å². The summed E-state index contributed by atoms with van der Waals surface area (Å²) in [6.07, 6.45) is 1.37. The van der Waals surface area contributed by atoms with Crippen molar-refractivity contribution in [3.63, 3.8) is 0 Å². The Labute approximate surface area is 179 Å². The second kappa shape index (κ2) is 8.73. The first-order chi connectivity index (χ1) is 14.8. The summed E-state index contributed by atoms with van der Waals surface area (Å²) >= 11 is 0. The Morgan fingerprint density at radius 2 is 2.13 bits per heavy atom. The molecule has 12 heteroatoms. The van der Waals surface area contributed by atoms with Crippen molar-refractivity contribution in [1.82, 2.24) is 15.5 Å². The summed E-state index contributed by atoms with van der Waals surface area (Å²) in [5.74, 6) is -1.62. The van der Waals surface area contributed by atoms with Crippen molar-refractivity contribution in [1.29, 1.82) is 0 Å². The highest BCUT2D eigenvalue weighted by Crippen LogP contribution is 2.37. The second-order valence-corrected chi connectivity index (χ2v) is 8.07. The molecule has 0 radical (unpaired) electrons. The Morgan fingerprint density at radius 3 is 2.84 bits per heavy atom. The van der Waals surface area contributed by atoms with Crippen LogP contribution in [-0.4, -0.2) is 84.3 Å². The first kappa shape index (κ1) is 21.4. The van der Waals surface area contributed by atoms with Crippen LogP contribution in [0.1, 0.15) is 22.3 Å². The fraction of sp³-hybridized carbons (Fsp3) is 0.526. The molecule has 2 fully saturated rings. The number of carboxylic acids is 1. The number of nitrogens with zero attached hydrogens (tertiary/aromatic N) is 1. The van der Waals surface area contributed by atoms with Gasteiger partial charge in [-0.2, -0.15) is 0 Å². The number of carboxylic acid groups (broad SMARTS) is 1. The molecule has 0 bridgehead atoms. The summed E-state index contributed by atoms with van der Waals surface area (Å²) in [5.41, 5.74) is 5.72. The van der Waals surface area contributed by atoms with E-state index in [0.717, 1.165) is 5.56 Å². The summed E-state index contributed by atoms with van der Waals surface area (Å²) < 4.78 is 11.3. The Balaban J connectivity index is 1.33. The number of carbonyl (C=O) groups excluding carboxylic acids is 2. The molecule has 2 atom stereocenters. The molecule has 3 aliphatic rings. The first-order valence-electron chi connectivity index (χ1n) is 10.3. The number of fused-ring (bicyclic) bond motifs is 1. The van der Waals surface area contributed by atoms with Crippen LogP contribution >= 0.6 is 0 Å². The van der Waals surface area contributed by atoms with Crippen LogP contribution in [0.2, 0.25) is 6.32 Å². The number of rotatable bonds is 7. The number of hydrogen-bond donors (Lipinski definition) is 5. The standard InChI is InChI=1S/C19H25BN4O7/c21-15(25)7-23-18(26)13-5-11(6-22-13)24-8-12(9-24)30-14-2-1-10-3-4-20(29)31-17(10)16(14)19(27)28/h1-2,11-13,22,29H,3-9H2,(H2,21,25)(H,23,26)(H,27,28)/t11-,13-/m0/s1. The van der Waals surface area contributed by atoms with Crippen LogP contribution in [0.3, 0.4) is 0 Å². The van der Waals surface area contributed by atoms with Crippen molar-refractivity contribution in [2.75, 3.05) is 26.2 Å². The average Bonchev–Trinajstić information content (AvgIpc) is 3.17. The van der Waals surface area contributed by atoms with E-state index in [9.17, 15) is 24.5 Å². The van der Waals surface area contributed by atoms with E-state index in [1.807, 2.05) is 0 Å². The van der Waals surface area contributed by atoms with Gasteiger partial charge in [-0.3, -0.25) is 14.5 Å². The quantitative estimate of drug-likeness (QED) is 0.313. The third-order valence-corrected chi connectivity index (χ3v) is 5.88. The van der Waals surface area contributed by atoms with Crippen LogP contribution < -0.4 is 25.8 Å². The Morgan fingerprint density at radius 1 is 1.35 bits per heavy atom. The van der Waals surface area contributed by atoms with Gasteiger partial charge in [-0.05, 0) is 30.8 Å². The normalized spacial score (nSPS) is 23.5. The summed E-state index contributed by atoms with van der Waals surface area (Å²) in [4.78, 5) is 36.9. The minimum absolute atomic E-state index is 0.0663. The molecule has 31 heavy (non-hydrogen) atoms. The van der Waals surface area contributed by atoms with E-state index in [4.69, 9.17) is 15.1 Å². The molecule has 1 aromatic rings. The van der Waals surface area contributed by atoms with E-state index in [-0.39, 0.29) is 47.7 Å². The van der Waals surface area contributed by atoms with Gasteiger partial charge >= 0.3 is 13.1 Å². The summed E-state index contributed by atoms with van der Waals surface area (Å²) in [6.45, 7) is 1.64. The van der Waals surface area contributed by atoms with Crippen LogP contribution in [-0.2, 0) is 16.0 Å². The molecular formula is C19H25BN4O7. The molecule has 11 nitrogen and oxygen atoms in total.